The van der Waals surface area contributed by atoms with Gasteiger partial charge in [-0.25, -0.2) is 9.59 Å². The van der Waals surface area contributed by atoms with Crippen molar-refractivity contribution in [3.05, 3.63) is 24.3 Å². The van der Waals surface area contributed by atoms with Gasteiger partial charge in [-0.1, -0.05) is 24.3 Å². The smallest absolute Gasteiger partial charge is 0.334 e. The van der Waals surface area contributed by atoms with E-state index in [-0.39, 0.29) is 13.2 Å². The van der Waals surface area contributed by atoms with Crippen LogP contribution in [-0.2, 0) is 28.5 Å². The summed E-state index contributed by atoms with van der Waals surface area (Å²) in [5.41, 5.74) is 1.69. The molecule has 0 aromatic carbocycles. The van der Waals surface area contributed by atoms with E-state index in [0.29, 0.717) is 26.1 Å². The number of hydrogen-bond donors (Lipinski definition) is 0. The third-order valence-corrected chi connectivity index (χ3v) is 2.85. The first-order valence-electron chi connectivity index (χ1n) is 8.09. The molecule has 0 radical (unpaired) electrons. The molecule has 0 amide bonds. The molecule has 6 heteroatoms. The molecule has 0 fully saturated rings. The van der Waals surface area contributed by atoms with E-state index in [1.165, 1.54) is 0 Å². The summed E-state index contributed by atoms with van der Waals surface area (Å²) in [6.45, 7) is 15.5. The van der Waals surface area contributed by atoms with Gasteiger partial charge in [-0.05, 0) is 40.5 Å². The van der Waals surface area contributed by atoms with E-state index in [0.717, 1.165) is 11.1 Å². The lowest BCUT2D eigenvalue weighted by Crippen LogP contribution is -2.25. The molecule has 0 aromatic rings. The number of rotatable bonds is 13. The van der Waals surface area contributed by atoms with Crippen LogP contribution in [0, 0.1) is 0 Å². The van der Waals surface area contributed by atoms with E-state index in [1.807, 2.05) is 13.8 Å². The quantitative estimate of drug-likeness (QED) is 0.291. The van der Waals surface area contributed by atoms with Crippen molar-refractivity contribution in [2.75, 3.05) is 26.4 Å². The van der Waals surface area contributed by atoms with Crippen molar-refractivity contribution in [3.63, 3.8) is 0 Å². The van der Waals surface area contributed by atoms with Crippen molar-refractivity contribution in [2.45, 2.75) is 52.7 Å². The Hall–Kier alpha value is -1.66. The SMILES string of the molecule is C=C(C)COC(C)C(=O)OCCCCOC(=O)C(C)OCC(=C)C. The summed E-state index contributed by atoms with van der Waals surface area (Å²) in [6, 6.07) is 0. The van der Waals surface area contributed by atoms with Gasteiger partial charge >= 0.3 is 11.9 Å². The van der Waals surface area contributed by atoms with Crippen LogP contribution < -0.4 is 0 Å². The van der Waals surface area contributed by atoms with Gasteiger partial charge in [0.15, 0.2) is 12.2 Å². The molecule has 2 atom stereocenters. The first-order chi connectivity index (χ1) is 11.2. The molecule has 0 saturated heterocycles. The van der Waals surface area contributed by atoms with Crippen molar-refractivity contribution in [1.29, 1.82) is 0 Å². The van der Waals surface area contributed by atoms with E-state index in [4.69, 9.17) is 18.9 Å². The van der Waals surface area contributed by atoms with Crippen molar-refractivity contribution in [3.8, 4) is 0 Å². The summed E-state index contributed by atoms with van der Waals surface area (Å²) in [6.07, 6.45) is -0.0304. The van der Waals surface area contributed by atoms with E-state index in [9.17, 15) is 9.59 Å². The Morgan fingerprint density at radius 3 is 1.42 bits per heavy atom. The molecule has 0 rings (SSSR count). The number of ether oxygens (including phenoxy) is 4. The minimum atomic E-state index is -0.620. The Morgan fingerprint density at radius 1 is 0.792 bits per heavy atom. The maximum absolute atomic E-state index is 11.6. The van der Waals surface area contributed by atoms with Gasteiger partial charge in [0.2, 0.25) is 0 Å². The highest BCUT2D eigenvalue weighted by Gasteiger charge is 2.16. The van der Waals surface area contributed by atoms with Crippen LogP contribution in [0.25, 0.3) is 0 Å². The molecule has 0 spiro atoms. The number of carbonyl (C=O) groups is 2. The van der Waals surface area contributed by atoms with Gasteiger partial charge in [-0.3, -0.25) is 0 Å². The van der Waals surface area contributed by atoms with Crippen LogP contribution in [-0.4, -0.2) is 50.6 Å². The van der Waals surface area contributed by atoms with Gasteiger partial charge in [-0.2, -0.15) is 0 Å². The number of esters is 2. The normalized spacial score (nSPS) is 13.0. The highest BCUT2D eigenvalue weighted by Crippen LogP contribution is 2.02. The zero-order valence-corrected chi connectivity index (χ0v) is 15.3. The second-order valence-corrected chi connectivity index (χ2v) is 5.86. The first kappa shape index (κ1) is 22.3. The molecule has 0 N–H and O–H groups in total. The highest BCUT2D eigenvalue weighted by atomic mass is 16.6. The lowest BCUT2D eigenvalue weighted by atomic mass is 10.3. The van der Waals surface area contributed by atoms with Crippen molar-refractivity contribution < 1.29 is 28.5 Å². The number of hydrogen-bond acceptors (Lipinski definition) is 6. The summed E-state index contributed by atoms with van der Waals surface area (Å²) in [7, 11) is 0. The number of carbonyl (C=O) groups excluding carboxylic acids is 2. The third-order valence-electron chi connectivity index (χ3n) is 2.85. The van der Waals surface area contributed by atoms with Crippen molar-refractivity contribution >= 4 is 11.9 Å². The number of unbranched alkanes of at least 4 members (excludes halogenated alkanes) is 1. The maximum Gasteiger partial charge on any atom is 0.334 e. The predicted octanol–water partition coefficient (Wildman–Crippen LogP) is 2.82. The molecule has 0 heterocycles. The van der Waals surface area contributed by atoms with Gasteiger partial charge in [-0.15, -0.1) is 0 Å². The lowest BCUT2D eigenvalue weighted by Gasteiger charge is -2.13. The monoisotopic (exact) mass is 342 g/mol. The first-order valence-corrected chi connectivity index (χ1v) is 8.09. The molecule has 138 valence electrons. The standard InChI is InChI=1S/C18H30O6/c1-13(2)11-23-15(5)17(19)21-9-7-8-10-22-18(20)16(6)24-12-14(3)4/h15-16H,1,3,7-12H2,2,4-6H3. The Kier molecular flexibility index (Phi) is 11.8. The maximum atomic E-state index is 11.6. The van der Waals surface area contributed by atoms with Crippen LogP contribution in [0.1, 0.15) is 40.5 Å². The minimum absolute atomic E-state index is 0.263. The predicted molar refractivity (Wildman–Crippen MR) is 91.6 cm³/mol. The van der Waals surface area contributed by atoms with Crippen LogP contribution in [0.3, 0.4) is 0 Å². The molecule has 0 aliphatic heterocycles. The van der Waals surface area contributed by atoms with E-state index in [1.54, 1.807) is 13.8 Å². The topological polar surface area (TPSA) is 71.1 Å². The molecule has 2 unspecified atom stereocenters. The molecular weight excluding hydrogens is 312 g/mol. The van der Waals surface area contributed by atoms with E-state index < -0.39 is 24.1 Å². The van der Waals surface area contributed by atoms with Crippen molar-refractivity contribution in [1.82, 2.24) is 0 Å². The Morgan fingerprint density at radius 2 is 1.12 bits per heavy atom. The van der Waals surface area contributed by atoms with Crippen LogP contribution in [0.4, 0.5) is 0 Å². The Labute approximate surface area is 144 Å². The molecule has 24 heavy (non-hydrogen) atoms. The van der Waals surface area contributed by atoms with Gasteiger partial charge in [0.05, 0.1) is 26.4 Å². The fourth-order valence-corrected chi connectivity index (χ4v) is 1.45. The van der Waals surface area contributed by atoms with Gasteiger partial charge in [0.1, 0.15) is 0 Å². The highest BCUT2D eigenvalue weighted by molar-refractivity contribution is 5.74. The van der Waals surface area contributed by atoms with Crippen LogP contribution in [0.2, 0.25) is 0 Å². The van der Waals surface area contributed by atoms with E-state index in [2.05, 4.69) is 13.2 Å². The Balaban J connectivity index is 3.68. The third kappa shape index (κ3) is 11.8. The molecule has 0 aliphatic rings. The zero-order valence-electron chi connectivity index (χ0n) is 15.3. The summed E-state index contributed by atoms with van der Waals surface area (Å²) >= 11 is 0. The van der Waals surface area contributed by atoms with Crippen LogP contribution >= 0.6 is 0 Å². The molecule has 6 nitrogen and oxygen atoms in total. The summed E-state index contributed by atoms with van der Waals surface area (Å²) < 4.78 is 20.7. The lowest BCUT2D eigenvalue weighted by molar-refractivity contribution is -0.157. The minimum Gasteiger partial charge on any atom is -0.464 e. The molecule has 0 saturated carbocycles. The second kappa shape index (κ2) is 12.7. The average molecular weight is 342 g/mol. The second-order valence-electron chi connectivity index (χ2n) is 5.86. The van der Waals surface area contributed by atoms with E-state index >= 15 is 0 Å². The fraction of sp³-hybridized carbons (Fsp3) is 0.667. The zero-order chi connectivity index (χ0) is 18.5. The molecule has 0 aromatic heterocycles. The molecular formula is C18H30O6. The van der Waals surface area contributed by atoms with Crippen molar-refractivity contribution in [2.24, 2.45) is 0 Å². The summed E-state index contributed by atoms with van der Waals surface area (Å²) in [5.74, 6) is -0.815. The summed E-state index contributed by atoms with van der Waals surface area (Å²) in [4.78, 5) is 23.3. The van der Waals surface area contributed by atoms with Gasteiger partial charge in [0, 0.05) is 0 Å². The Bertz CT molecular complexity index is 389. The molecule has 0 bridgehead atoms. The average Bonchev–Trinajstić information content (AvgIpc) is 2.52. The van der Waals surface area contributed by atoms with Crippen LogP contribution in [0.5, 0.6) is 0 Å². The molecule has 0 aliphatic carbocycles. The van der Waals surface area contributed by atoms with Crippen LogP contribution in [0.15, 0.2) is 24.3 Å². The fourth-order valence-electron chi connectivity index (χ4n) is 1.45. The summed E-state index contributed by atoms with van der Waals surface area (Å²) in [5, 5.41) is 0. The van der Waals surface area contributed by atoms with Gasteiger partial charge in [0.25, 0.3) is 0 Å². The van der Waals surface area contributed by atoms with Gasteiger partial charge < -0.3 is 18.9 Å². The largest absolute Gasteiger partial charge is 0.464 e.